The number of thioether (sulfide) groups is 1. The van der Waals surface area contributed by atoms with Crippen molar-refractivity contribution in [2.45, 2.75) is 13.8 Å². The van der Waals surface area contributed by atoms with Crippen molar-refractivity contribution in [3.8, 4) is 23.8 Å². The normalized spacial score (nSPS) is 16.3. The molecule has 2 aromatic rings. The average Bonchev–Trinajstić information content (AvgIpc) is 3.02. The van der Waals surface area contributed by atoms with Crippen LogP contribution >= 0.6 is 11.8 Å². The molecule has 1 amide bonds. The summed E-state index contributed by atoms with van der Waals surface area (Å²) in [6.07, 6.45) is 7.08. The fourth-order valence-electron chi connectivity index (χ4n) is 2.76. The number of benzene rings is 2. The van der Waals surface area contributed by atoms with Gasteiger partial charge in [-0.25, -0.2) is 4.99 Å². The molecule has 1 aliphatic rings. The van der Waals surface area contributed by atoms with Crippen LogP contribution < -0.4 is 9.47 Å². The van der Waals surface area contributed by atoms with Gasteiger partial charge in [-0.15, -0.1) is 6.42 Å². The van der Waals surface area contributed by atoms with Crippen LogP contribution in [0.3, 0.4) is 0 Å². The molecule has 0 aliphatic carbocycles. The number of nitrogens with zero attached hydrogens (tertiary/aromatic N) is 2. The first kappa shape index (κ1) is 20.6. The Hall–Kier alpha value is -3.17. The van der Waals surface area contributed by atoms with E-state index in [0.29, 0.717) is 28.1 Å². The van der Waals surface area contributed by atoms with Crippen molar-refractivity contribution in [2.24, 2.45) is 4.99 Å². The Labute approximate surface area is 175 Å². The lowest BCUT2D eigenvalue weighted by Gasteiger charge is -2.12. The number of amides is 1. The van der Waals surface area contributed by atoms with Crippen LogP contribution in [-0.2, 0) is 4.79 Å². The number of hydrogen-bond acceptors (Lipinski definition) is 5. The molecule has 148 valence electrons. The summed E-state index contributed by atoms with van der Waals surface area (Å²) in [7, 11) is 1.57. The van der Waals surface area contributed by atoms with Crippen LogP contribution in [0.15, 0.2) is 52.4 Å². The first-order valence-corrected chi connectivity index (χ1v) is 9.98. The van der Waals surface area contributed by atoms with E-state index in [0.717, 1.165) is 11.3 Å². The number of hydrogen-bond donors (Lipinski definition) is 0. The molecule has 0 saturated carbocycles. The van der Waals surface area contributed by atoms with E-state index in [1.807, 2.05) is 56.3 Å². The van der Waals surface area contributed by atoms with Gasteiger partial charge in [-0.2, -0.15) is 0 Å². The highest BCUT2D eigenvalue weighted by atomic mass is 32.2. The topological polar surface area (TPSA) is 51.1 Å². The molecule has 1 aliphatic heterocycles. The summed E-state index contributed by atoms with van der Waals surface area (Å²) < 4.78 is 10.8. The van der Waals surface area contributed by atoms with Crippen molar-refractivity contribution in [3.05, 3.63) is 58.5 Å². The molecule has 0 spiro atoms. The minimum absolute atomic E-state index is 0.0602. The summed E-state index contributed by atoms with van der Waals surface area (Å²) in [6, 6.07) is 13.4. The molecule has 2 aromatic carbocycles. The maximum Gasteiger partial charge on any atom is 0.266 e. The predicted molar refractivity (Wildman–Crippen MR) is 119 cm³/mol. The molecule has 6 heteroatoms. The van der Waals surface area contributed by atoms with Gasteiger partial charge < -0.3 is 9.47 Å². The average molecular weight is 407 g/mol. The van der Waals surface area contributed by atoms with Gasteiger partial charge in [0.2, 0.25) is 0 Å². The smallest absolute Gasteiger partial charge is 0.266 e. The van der Waals surface area contributed by atoms with E-state index in [1.54, 1.807) is 18.1 Å². The highest BCUT2D eigenvalue weighted by Crippen LogP contribution is 2.35. The number of rotatable bonds is 6. The van der Waals surface area contributed by atoms with Crippen molar-refractivity contribution >= 4 is 34.6 Å². The van der Waals surface area contributed by atoms with Crippen LogP contribution in [0.25, 0.3) is 6.08 Å². The van der Waals surface area contributed by atoms with Gasteiger partial charge in [0.1, 0.15) is 6.61 Å². The van der Waals surface area contributed by atoms with Crippen LogP contribution in [0.1, 0.15) is 18.1 Å². The van der Waals surface area contributed by atoms with E-state index in [9.17, 15) is 4.79 Å². The van der Waals surface area contributed by atoms with E-state index < -0.39 is 0 Å². The third-order valence-corrected chi connectivity index (χ3v) is 5.27. The van der Waals surface area contributed by atoms with E-state index in [2.05, 4.69) is 10.9 Å². The molecule has 0 aromatic heterocycles. The van der Waals surface area contributed by atoms with Crippen molar-refractivity contribution in [1.29, 1.82) is 0 Å². The molecule has 1 saturated heterocycles. The second-order valence-electron chi connectivity index (χ2n) is 6.29. The molecule has 0 unspecified atom stereocenters. The van der Waals surface area contributed by atoms with Crippen LogP contribution in [-0.4, -0.2) is 36.2 Å². The Balaban J connectivity index is 1.88. The zero-order chi connectivity index (χ0) is 20.8. The number of aliphatic imine (C=N–C) groups is 1. The first-order chi connectivity index (χ1) is 14.0. The Morgan fingerprint density at radius 2 is 1.97 bits per heavy atom. The number of carbonyl (C=O) groups excluding carboxylic acids is 1. The Kier molecular flexibility index (Phi) is 6.63. The summed E-state index contributed by atoms with van der Waals surface area (Å²) >= 11 is 1.37. The fraction of sp³-hybridized carbons (Fsp3) is 0.217. The number of aryl methyl sites for hydroxylation is 1. The second-order valence-corrected chi connectivity index (χ2v) is 7.30. The molecule has 3 rings (SSSR count). The van der Waals surface area contributed by atoms with Crippen molar-refractivity contribution < 1.29 is 14.3 Å². The molecule has 29 heavy (non-hydrogen) atoms. The van der Waals surface area contributed by atoms with Crippen LogP contribution in [0.5, 0.6) is 11.5 Å². The van der Waals surface area contributed by atoms with Crippen LogP contribution in [0.4, 0.5) is 5.69 Å². The molecule has 0 radical (unpaired) electrons. The number of terminal acetylenes is 1. The highest BCUT2D eigenvalue weighted by Gasteiger charge is 2.32. The van der Waals surface area contributed by atoms with E-state index in [-0.39, 0.29) is 12.5 Å². The third-order valence-electron chi connectivity index (χ3n) is 4.26. The van der Waals surface area contributed by atoms with Crippen molar-refractivity contribution in [1.82, 2.24) is 4.90 Å². The van der Waals surface area contributed by atoms with Gasteiger partial charge in [-0.05, 0) is 61.5 Å². The number of carbonyl (C=O) groups is 1. The zero-order valence-corrected chi connectivity index (χ0v) is 17.5. The summed E-state index contributed by atoms with van der Waals surface area (Å²) in [5.41, 5.74) is 2.82. The number of methoxy groups -OCH3 is 1. The minimum Gasteiger partial charge on any atom is -0.493 e. The third kappa shape index (κ3) is 4.82. The molecule has 1 fully saturated rings. The quantitative estimate of drug-likeness (QED) is 0.518. The van der Waals surface area contributed by atoms with E-state index >= 15 is 0 Å². The van der Waals surface area contributed by atoms with Gasteiger partial charge >= 0.3 is 0 Å². The maximum absolute atomic E-state index is 12.8. The lowest BCUT2D eigenvalue weighted by atomic mass is 10.2. The molecule has 0 atom stereocenters. The highest BCUT2D eigenvalue weighted by molar-refractivity contribution is 8.18. The standard InChI is InChI=1S/C23H22N2O3S/c1-5-13-28-19-12-9-17(14-20(19)27-4)15-21-22(26)25(6-2)23(29-21)24-18-10-7-16(3)8-11-18/h1,7-12,14-15H,6,13H2,2-4H3/b21-15+,24-23?. The molecular formula is C23H22N2O3S. The van der Waals surface area contributed by atoms with Gasteiger partial charge in [0.05, 0.1) is 17.7 Å². The predicted octanol–water partition coefficient (Wildman–Crippen LogP) is 4.64. The molecule has 5 nitrogen and oxygen atoms in total. The molecule has 1 heterocycles. The summed E-state index contributed by atoms with van der Waals surface area (Å²) in [4.78, 5) is 19.8. The monoisotopic (exact) mass is 406 g/mol. The summed E-state index contributed by atoms with van der Waals surface area (Å²) in [5, 5.41) is 0.675. The number of amidine groups is 1. The van der Waals surface area contributed by atoms with Gasteiger partial charge in [-0.1, -0.05) is 29.7 Å². The van der Waals surface area contributed by atoms with E-state index in [4.69, 9.17) is 15.9 Å². The maximum atomic E-state index is 12.8. The first-order valence-electron chi connectivity index (χ1n) is 9.16. The Bertz CT molecular complexity index is 1000. The summed E-state index contributed by atoms with van der Waals surface area (Å²) in [6.45, 7) is 4.68. The van der Waals surface area contributed by atoms with Crippen molar-refractivity contribution in [2.75, 3.05) is 20.3 Å². The van der Waals surface area contributed by atoms with Gasteiger partial charge in [0, 0.05) is 6.54 Å². The summed E-state index contributed by atoms with van der Waals surface area (Å²) in [5.74, 6) is 3.49. The zero-order valence-electron chi connectivity index (χ0n) is 16.6. The van der Waals surface area contributed by atoms with Crippen molar-refractivity contribution in [3.63, 3.8) is 0 Å². The Morgan fingerprint density at radius 3 is 2.62 bits per heavy atom. The van der Waals surface area contributed by atoms with Gasteiger partial charge in [0.15, 0.2) is 16.7 Å². The Morgan fingerprint density at radius 1 is 1.21 bits per heavy atom. The molecule has 0 bridgehead atoms. The lowest BCUT2D eigenvalue weighted by molar-refractivity contribution is -0.122. The molecular weight excluding hydrogens is 384 g/mol. The number of likely N-dealkylation sites (N-methyl/N-ethyl adjacent to an activating group) is 1. The van der Waals surface area contributed by atoms with Gasteiger partial charge in [0.25, 0.3) is 5.91 Å². The fourth-order valence-corrected chi connectivity index (χ4v) is 3.83. The number of ether oxygens (including phenoxy) is 2. The van der Waals surface area contributed by atoms with Crippen LogP contribution in [0.2, 0.25) is 0 Å². The minimum atomic E-state index is -0.0602. The molecule has 0 N–H and O–H groups in total. The van der Waals surface area contributed by atoms with Gasteiger partial charge in [-0.3, -0.25) is 9.69 Å². The van der Waals surface area contributed by atoms with E-state index in [1.165, 1.54) is 17.3 Å². The lowest BCUT2D eigenvalue weighted by Crippen LogP contribution is -2.28. The SMILES string of the molecule is C#CCOc1ccc(/C=C2/SC(=Nc3ccc(C)cc3)N(CC)C2=O)cc1OC. The largest absolute Gasteiger partial charge is 0.493 e. The second kappa shape index (κ2) is 9.35. The van der Waals surface area contributed by atoms with Crippen LogP contribution in [0, 0.1) is 19.3 Å².